The Morgan fingerprint density at radius 2 is 2.21 bits per heavy atom. The second-order valence-electron chi connectivity index (χ2n) is 5.41. The number of anilines is 1. The van der Waals surface area contributed by atoms with Crippen LogP contribution in [0.5, 0.6) is 0 Å². The van der Waals surface area contributed by atoms with Gasteiger partial charge in [0.15, 0.2) is 0 Å². The molecule has 2 aromatic rings. The zero-order chi connectivity index (χ0) is 13.2. The molecular formula is C15H21N3S. The van der Waals surface area contributed by atoms with Crippen LogP contribution in [-0.4, -0.2) is 23.1 Å². The lowest BCUT2D eigenvalue weighted by Gasteiger charge is -2.22. The highest BCUT2D eigenvalue weighted by Gasteiger charge is 2.29. The first kappa shape index (κ1) is 12.9. The average Bonchev–Trinajstić information content (AvgIpc) is 3.08. The molecule has 0 bridgehead atoms. The summed E-state index contributed by atoms with van der Waals surface area (Å²) in [5.74, 6) is 2.84. The second kappa shape index (κ2) is 5.45. The largest absolute Gasteiger partial charge is 0.356 e. The van der Waals surface area contributed by atoms with Crippen LogP contribution in [0.4, 0.5) is 5.82 Å². The molecule has 1 fully saturated rings. The topological polar surface area (TPSA) is 29.0 Å². The maximum Gasteiger partial charge on any atom is 0.140 e. The summed E-state index contributed by atoms with van der Waals surface area (Å²) in [6, 6.07) is 2.15. The molecule has 0 saturated carbocycles. The van der Waals surface area contributed by atoms with Gasteiger partial charge in [-0.2, -0.15) is 0 Å². The predicted octanol–water partition coefficient (Wildman–Crippen LogP) is 3.95. The summed E-state index contributed by atoms with van der Waals surface area (Å²) >= 11 is 1.70. The van der Waals surface area contributed by atoms with Gasteiger partial charge in [0.25, 0.3) is 0 Å². The van der Waals surface area contributed by atoms with Gasteiger partial charge in [0.2, 0.25) is 0 Å². The summed E-state index contributed by atoms with van der Waals surface area (Å²) in [4.78, 5) is 12.4. The molecule has 1 aliphatic heterocycles. The van der Waals surface area contributed by atoms with Crippen LogP contribution in [-0.2, 0) is 0 Å². The molecule has 0 aliphatic carbocycles. The van der Waals surface area contributed by atoms with Gasteiger partial charge in [0.05, 0.1) is 5.39 Å². The van der Waals surface area contributed by atoms with E-state index in [0.29, 0.717) is 0 Å². The van der Waals surface area contributed by atoms with Gasteiger partial charge < -0.3 is 4.90 Å². The Hall–Kier alpha value is -1.16. The van der Waals surface area contributed by atoms with E-state index >= 15 is 0 Å². The number of hydrogen-bond donors (Lipinski definition) is 0. The van der Waals surface area contributed by atoms with Gasteiger partial charge in [0, 0.05) is 13.1 Å². The zero-order valence-corrected chi connectivity index (χ0v) is 12.5. The SMILES string of the molecule is CCC(CC)C1CCN(c2ncnc3sccc23)C1. The Morgan fingerprint density at radius 3 is 3.00 bits per heavy atom. The standard InChI is InChI=1S/C15H21N3S/c1-3-11(4-2)12-5-7-18(9-12)14-13-6-8-19-15(13)17-10-16-14/h6,8,10-12H,3-5,7,9H2,1-2H3. The van der Waals surface area contributed by atoms with E-state index in [4.69, 9.17) is 0 Å². The molecule has 0 spiro atoms. The predicted molar refractivity (Wildman–Crippen MR) is 81.8 cm³/mol. The minimum Gasteiger partial charge on any atom is -0.356 e. The van der Waals surface area contributed by atoms with Crippen molar-refractivity contribution in [2.24, 2.45) is 11.8 Å². The third-order valence-electron chi connectivity index (χ3n) is 4.48. The van der Waals surface area contributed by atoms with E-state index in [1.165, 1.54) is 24.6 Å². The summed E-state index contributed by atoms with van der Waals surface area (Å²) in [5.41, 5.74) is 0. The smallest absolute Gasteiger partial charge is 0.140 e. The number of rotatable bonds is 4. The van der Waals surface area contributed by atoms with Crippen LogP contribution >= 0.6 is 11.3 Å². The monoisotopic (exact) mass is 275 g/mol. The van der Waals surface area contributed by atoms with Gasteiger partial charge in [-0.25, -0.2) is 9.97 Å². The van der Waals surface area contributed by atoms with Crippen LogP contribution in [0.15, 0.2) is 17.8 Å². The quantitative estimate of drug-likeness (QED) is 0.846. The van der Waals surface area contributed by atoms with Crippen molar-refractivity contribution in [3.63, 3.8) is 0 Å². The fourth-order valence-corrected chi connectivity index (χ4v) is 4.08. The number of aromatic nitrogens is 2. The third kappa shape index (κ3) is 2.34. The number of hydrogen-bond acceptors (Lipinski definition) is 4. The fraction of sp³-hybridized carbons (Fsp3) is 0.600. The molecule has 102 valence electrons. The minimum absolute atomic E-state index is 0.832. The molecule has 1 saturated heterocycles. The lowest BCUT2D eigenvalue weighted by atomic mass is 9.87. The molecule has 19 heavy (non-hydrogen) atoms. The molecule has 3 heterocycles. The van der Waals surface area contributed by atoms with Crippen molar-refractivity contribution in [2.75, 3.05) is 18.0 Å². The molecule has 0 aromatic carbocycles. The van der Waals surface area contributed by atoms with Crippen LogP contribution in [0.2, 0.25) is 0 Å². The maximum atomic E-state index is 4.53. The molecule has 0 radical (unpaired) electrons. The third-order valence-corrected chi connectivity index (χ3v) is 5.30. The highest BCUT2D eigenvalue weighted by Crippen LogP contribution is 2.34. The molecule has 1 atom stereocenters. The fourth-order valence-electron chi connectivity index (χ4n) is 3.35. The van der Waals surface area contributed by atoms with Crippen molar-refractivity contribution in [1.82, 2.24) is 9.97 Å². The van der Waals surface area contributed by atoms with Crippen LogP contribution in [0.1, 0.15) is 33.1 Å². The van der Waals surface area contributed by atoms with Crippen molar-refractivity contribution in [3.05, 3.63) is 17.8 Å². The summed E-state index contributed by atoms with van der Waals surface area (Å²) in [6.07, 6.45) is 5.61. The molecular weight excluding hydrogens is 254 g/mol. The van der Waals surface area contributed by atoms with Crippen molar-refractivity contribution >= 4 is 27.4 Å². The zero-order valence-electron chi connectivity index (χ0n) is 11.7. The van der Waals surface area contributed by atoms with Gasteiger partial charge in [0.1, 0.15) is 17.0 Å². The van der Waals surface area contributed by atoms with Crippen LogP contribution < -0.4 is 4.90 Å². The first-order valence-electron chi connectivity index (χ1n) is 7.26. The average molecular weight is 275 g/mol. The molecule has 3 nitrogen and oxygen atoms in total. The van der Waals surface area contributed by atoms with E-state index in [1.807, 2.05) is 0 Å². The molecule has 2 aromatic heterocycles. The Labute approximate surface area is 118 Å². The van der Waals surface area contributed by atoms with Crippen LogP contribution in [0, 0.1) is 11.8 Å². The first-order chi connectivity index (χ1) is 9.33. The van der Waals surface area contributed by atoms with E-state index in [2.05, 4.69) is 40.2 Å². The molecule has 1 unspecified atom stereocenters. The second-order valence-corrected chi connectivity index (χ2v) is 6.30. The number of nitrogens with zero attached hydrogens (tertiary/aromatic N) is 3. The Kier molecular flexibility index (Phi) is 3.69. The minimum atomic E-state index is 0.832. The Morgan fingerprint density at radius 1 is 1.37 bits per heavy atom. The number of fused-ring (bicyclic) bond motifs is 1. The summed E-state index contributed by atoms with van der Waals surface area (Å²) in [5, 5.41) is 3.33. The van der Waals surface area contributed by atoms with Crippen LogP contribution in [0.3, 0.4) is 0 Å². The van der Waals surface area contributed by atoms with E-state index in [0.717, 1.165) is 35.6 Å². The van der Waals surface area contributed by atoms with E-state index < -0.39 is 0 Å². The highest BCUT2D eigenvalue weighted by atomic mass is 32.1. The van der Waals surface area contributed by atoms with Crippen molar-refractivity contribution in [3.8, 4) is 0 Å². The summed E-state index contributed by atoms with van der Waals surface area (Å²) in [7, 11) is 0. The van der Waals surface area contributed by atoms with Gasteiger partial charge in [-0.3, -0.25) is 0 Å². The molecule has 1 aliphatic rings. The Bertz CT molecular complexity index is 547. The van der Waals surface area contributed by atoms with Gasteiger partial charge in [-0.15, -0.1) is 11.3 Å². The van der Waals surface area contributed by atoms with Gasteiger partial charge >= 0.3 is 0 Å². The molecule has 0 N–H and O–H groups in total. The normalized spacial score (nSPS) is 19.7. The Balaban J connectivity index is 1.83. The first-order valence-corrected chi connectivity index (χ1v) is 8.14. The van der Waals surface area contributed by atoms with Crippen molar-refractivity contribution in [2.45, 2.75) is 33.1 Å². The van der Waals surface area contributed by atoms with Gasteiger partial charge in [-0.1, -0.05) is 26.7 Å². The van der Waals surface area contributed by atoms with E-state index in [-0.39, 0.29) is 0 Å². The lowest BCUT2D eigenvalue weighted by molar-refractivity contribution is 0.339. The molecule has 0 amide bonds. The van der Waals surface area contributed by atoms with Crippen molar-refractivity contribution < 1.29 is 0 Å². The molecule has 3 rings (SSSR count). The van der Waals surface area contributed by atoms with Gasteiger partial charge in [-0.05, 0) is 29.7 Å². The lowest BCUT2D eigenvalue weighted by Crippen LogP contribution is -2.23. The maximum absolute atomic E-state index is 4.53. The van der Waals surface area contributed by atoms with E-state index in [1.54, 1.807) is 17.7 Å². The van der Waals surface area contributed by atoms with Crippen molar-refractivity contribution in [1.29, 1.82) is 0 Å². The van der Waals surface area contributed by atoms with E-state index in [9.17, 15) is 0 Å². The highest BCUT2D eigenvalue weighted by molar-refractivity contribution is 7.16. The number of thiophene rings is 1. The molecule has 4 heteroatoms. The summed E-state index contributed by atoms with van der Waals surface area (Å²) < 4.78 is 0. The summed E-state index contributed by atoms with van der Waals surface area (Å²) in [6.45, 7) is 6.94. The van der Waals surface area contributed by atoms with Crippen LogP contribution in [0.25, 0.3) is 10.2 Å².